The van der Waals surface area contributed by atoms with E-state index in [1.54, 1.807) is 20.0 Å². The zero-order chi connectivity index (χ0) is 14.9. The van der Waals surface area contributed by atoms with Gasteiger partial charge in [0.15, 0.2) is 0 Å². The molecule has 20 heavy (non-hydrogen) atoms. The fourth-order valence-corrected chi connectivity index (χ4v) is 2.81. The maximum Gasteiger partial charge on any atom is 0.284 e. The zero-order valence-electron chi connectivity index (χ0n) is 11.0. The maximum atomic E-state index is 12.2. The van der Waals surface area contributed by atoms with Crippen LogP contribution < -0.4 is 9.46 Å². The first-order valence-corrected chi connectivity index (χ1v) is 7.29. The number of ether oxygens (including phenoxy) is 1. The van der Waals surface area contributed by atoms with Crippen molar-refractivity contribution in [3.8, 4) is 5.88 Å². The van der Waals surface area contributed by atoms with E-state index in [0.29, 0.717) is 5.69 Å². The third-order valence-corrected chi connectivity index (χ3v) is 4.17. The van der Waals surface area contributed by atoms with Crippen molar-refractivity contribution in [1.29, 1.82) is 0 Å². The van der Waals surface area contributed by atoms with Crippen LogP contribution in [0.15, 0.2) is 17.4 Å². The van der Waals surface area contributed by atoms with Crippen LogP contribution in [-0.2, 0) is 17.1 Å². The molecule has 0 fully saturated rings. The van der Waals surface area contributed by atoms with Gasteiger partial charge in [-0.3, -0.25) is 0 Å². The molecule has 108 valence electrons. The van der Waals surface area contributed by atoms with Crippen molar-refractivity contribution >= 4 is 27.6 Å². The second kappa shape index (κ2) is 5.25. The predicted octanol–water partition coefficient (Wildman–Crippen LogP) is 0.981. The van der Waals surface area contributed by atoms with Crippen molar-refractivity contribution < 1.29 is 13.2 Å². The van der Waals surface area contributed by atoms with Gasteiger partial charge in [0.1, 0.15) is 5.15 Å². The lowest BCUT2D eigenvalue weighted by atomic mass is 10.4. The molecular weight excluding hydrogens is 306 g/mol. The molecule has 0 atom stereocenters. The van der Waals surface area contributed by atoms with Gasteiger partial charge in [0, 0.05) is 18.8 Å². The lowest BCUT2D eigenvalue weighted by Gasteiger charge is -2.07. The number of aromatic nitrogens is 4. The van der Waals surface area contributed by atoms with E-state index >= 15 is 0 Å². The van der Waals surface area contributed by atoms with Crippen LogP contribution in [0.4, 0.5) is 5.95 Å². The zero-order valence-corrected chi connectivity index (χ0v) is 12.5. The monoisotopic (exact) mass is 317 g/mol. The molecule has 2 aromatic rings. The maximum absolute atomic E-state index is 12.2. The molecule has 0 radical (unpaired) electrons. The Bertz CT molecular complexity index is 743. The summed E-state index contributed by atoms with van der Waals surface area (Å²) >= 11 is 5.87. The van der Waals surface area contributed by atoms with Gasteiger partial charge in [0.2, 0.25) is 16.9 Å². The molecule has 0 aliphatic rings. The van der Waals surface area contributed by atoms with Gasteiger partial charge in [0.05, 0.1) is 13.4 Å². The molecule has 0 saturated heterocycles. The standard InChI is InChI=1S/C10H12ClN5O3S/c1-6-4-7(19-3)14-10(13-6)15-20(17,18)9-8(11)16(2)5-12-9/h4-5H,1-3H3,(H,13,14,15). The number of hydrogen-bond donors (Lipinski definition) is 1. The lowest BCUT2D eigenvalue weighted by Crippen LogP contribution is -2.16. The highest BCUT2D eigenvalue weighted by molar-refractivity contribution is 7.92. The van der Waals surface area contributed by atoms with Crippen LogP contribution in [0, 0.1) is 6.92 Å². The summed E-state index contributed by atoms with van der Waals surface area (Å²) in [6.45, 7) is 1.69. The van der Waals surface area contributed by atoms with Gasteiger partial charge in [-0.15, -0.1) is 0 Å². The van der Waals surface area contributed by atoms with Crippen LogP contribution >= 0.6 is 11.6 Å². The molecule has 2 heterocycles. The minimum Gasteiger partial charge on any atom is -0.481 e. The second-order valence-corrected chi connectivity index (χ2v) is 5.89. The highest BCUT2D eigenvalue weighted by Gasteiger charge is 2.23. The Hall–Kier alpha value is -1.87. The van der Waals surface area contributed by atoms with Crippen LogP contribution in [0.5, 0.6) is 5.88 Å². The number of nitrogens with one attached hydrogen (secondary N) is 1. The summed E-state index contributed by atoms with van der Waals surface area (Å²) in [6.07, 6.45) is 1.30. The van der Waals surface area contributed by atoms with Crippen molar-refractivity contribution in [3.63, 3.8) is 0 Å². The second-order valence-electron chi connectivity index (χ2n) is 3.93. The summed E-state index contributed by atoms with van der Waals surface area (Å²) in [4.78, 5) is 11.6. The number of rotatable bonds is 4. The first-order chi connectivity index (χ1) is 9.33. The fraction of sp³-hybridized carbons (Fsp3) is 0.300. The van der Waals surface area contributed by atoms with E-state index in [9.17, 15) is 8.42 Å². The third kappa shape index (κ3) is 2.83. The molecule has 0 aromatic carbocycles. The van der Waals surface area contributed by atoms with Gasteiger partial charge < -0.3 is 9.30 Å². The smallest absolute Gasteiger partial charge is 0.284 e. The summed E-state index contributed by atoms with van der Waals surface area (Å²) in [6, 6.07) is 1.57. The summed E-state index contributed by atoms with van der Waals surface area (Å²) in [7, 11) is -0.949. The molecule has 10 heteroatoms. The molecule has 2 rings (SSSR count). The molecule has 0 aliphatic heterocycles. The van der Waals surface area contributed by atoms with E-state index in [2.05, 4.69) is 19.7 Å². The molecule has 2 aromatic heterocycles. The first-order valence-electron chi connectivity index (χ1n) is 5.43. The van der Waals surface area contributed by atoms with Crippen LogP contribution in [0.3, 0.4) is 0 Å². The van der Waals surface area contributed by atoms with Crippen molar-refractivity contribution in [2.45, 2.75) is 11.9 Å². The Morgan fingerprint density at radius 3 is 2.65 bits per heavy atom. The van der Waals surface area contributed by atoms with Crippen molar-refractivity contribution in [1.82, 2.24) is 19.5 Å². The number of sulfonamides is 1. The van der Waals surface area contributed by atoms with Gasteiger partial charge in [0.25, 0.3) is 10.0 Å². The molecular formula is C10H12ClN5O3S. The Morgan fingerprint density at radius 2 is 2.10 bits per heavy atom. The number of nitrogens with zero attached hydrogens (tertiary/aromatic N) is 4. The quantitative estimate of drug-likeness (QED) is 0.902. The van der Waals surface area contributed by atoms with Crippen molar-refractivity contribution in [2.75, 3.05) is 11.8 Å². The van der Waals surface area contributed by atoms with E-state index in [4.69, 9.17) is 16.3 Å². The van der Waals surface area contributed by atoms with Gasteiger partial charge >= 0.3 is 0 Å². The van der Waals surface area contributed by atoms with Crippen molar-refractivity contribution in [2.24, 2.45) is 7.05 Å². The molecule has 0 amide bonds. The number of halogens is 1. The number of methoxy groups -OCH3 is 1. The highest BCUT2D eigenvalue weighted by atomic mass is 35.5. The third-order valence-electron chi connectivity index (χ3n) is 2.35. The minimum atomic E-state index is -3.96. The predicted molar refractivity (Wildman–Crippen MR) is 72.3 cm³/mol. The van der Waals surface area contributed by atoms with Crippen LogP contribution in [-0.4, -0.2) is 35.0 Å². The summed E-state index contributed by atoms with van der Waals surface area (Å²) in [5.74, 6) is 0.144. The lowest BCUT2D eigenvalue weighted by molar-refractivity contribution is 0.397. The van der Waals surface area contributed by atoms with Gasteiger partial charge in [-0.2, -0.15) is 13.4 Å². The summed E-state index contributed by atoms with van der Waals surface area (Å²) in [5, 5.41) is -0.289. The van der Waals surface area contributed by atoms with Crippen molar-refractivity contribution in [3.05, 3.63) is 23.2 Å². The highest BCUT2D eigenvalue weighted by Crippen LogP contribution is 2.21. The fourth-order valence-electron chi connectivity index (χ4n) is 1.43. The molecule has 0 unspecified atom stereocenters. The number of aryl methyl sites for hydroxylation is 2. The molecule has 0 bridgehead atoms. The normalized spacial score (nSPS) is 11.4. The van der Waals surface area contributed by atoms with E-state index in [1.165, 1.54) is 18.0 Å². The Labute approximate surface area is 120 Å². The Kier molecular flexibility index (Phi) is 3.82. The van der Waals surface area contributed by atoms with E-state index in [-0.39, 0.29) is 22.0 Å². The molecule has 1 N–H and O–H groups in total. The number of anilines is 1. The van der Waals surface area contributed by atoms with Crippen LogP contribution in [0.25, 0.3) is 0 Å². The topological polar surface area (TPSA) is 99.0 Å². The minimum absolute atomic E-state index is 0.00267. The molecule has 0 aliphatic carbocycles. The summed E-state index contributed by atoms with van der Waals surface area (Å²) < 4.78 is 32.9. The van der Waals surface area contributed by atoms with Gasteiger partial charge in [-0.05, 0) is 6.92 Å². The molecule has 0 spiro atoms. The average molecular weight is 318 g/mol. The Balaban J connectivity index is 2.38. The first kappa shape index (κ1) is 14.5. The largest absolute Gasteiger partial charge is 0.481 e. The summed E-state index contributed by atoms with van der Waals surface area (Å²) in [5.41, 5.74) is 0.557. The van der Waals surface area contributed by atoms with Gasteiger partial charge in [-0.25, -0.2) is 14.7 Å². The molecule has 0 saturated carbocycles. The SMILES string of the molecule is COc1cc(C)nc(NS(=O)(=O)c2ncn(C)c2Cl)n1. The molecule has 8 nitrogen and oxygen atoms in total. The van der Waals surface area contributed by atoms with E-state index in [1.807, 2.05) is 0 Å². The van der Waals surface area contributed by atoms with Crippen LogP contribution in [0.1, 0.15) is 5.69 Å². The van der Waals surface area contributed by atoms with Crippen LogP contribution in [0.2, 0.25) is 5.15 Å². The van der Waals surface area contributed by atoms with Gasteiger partial charge in [-0.1, -0.05) is 11.6 Å². The number of hydrogen-bond acceptors (Lipinski definition) is 6. The average Bonchev–Trinajstić information content (AvgIpc) is 2.69. The van der Waals surface area contributed by atoms with E-state index < -0.39 is 10.0 Å². The Morgan fingerprint density at radius 1 is 1.40 bits per heavy atom. The van der Waals surface area contributed by atoms with E-state index in [0.717, 1.165) is 0 Å². The number of imidazole rings is 1.